The Labute approximate surface area is 338 Å². The molecule has 0 bridgehead atoms. The zero-order chi connectivity index (χ0) is 38.6. The standard InChI is InChI=1S/C56H33NO2/c1-3-15-34(16-4-1)52-38-19-7-9-21-40(38)53(41-22-10-8-20-39(41)52)45-32-36(33-51-54(45)42-23-11-13-25-48(42)59-51)35-27-28-46-44(31-35)55-47(57(46)37-17-5-2-6-18-37)29-30-50-56(55)43-24-12-14-26-49(43)58-50/h1-33H. The molecule has 0 aliphatic carbocycles. The van der Waals surface area contributed by atoms with E-state index in [0.717, 1.165) is 77.3 Å². The van der Waals surface area contributed by atoms with Crippen LogP contribution in [0.2, 0.25) is 0 Å². The van der Waals surface area contributed by atoms with Crippen LogP contribution in [0.5, 0.6) is 0 Å². The van der Waals surface area contributed by atoms with E-state index in [0.29, 0.717) is 0 Å². The first-order chi connectivity index (χ1) is 29.3. The average Bonchev–Trinajstić information content (AvgIpc) is 3.97. The quantitative estimate of drug-likeness (QED) is 0.168. The molecule has 0 atom stereocenters. The Morgan fingerprint density at radius 1 is 0.288 bits per heavy atom. The second kappa shape index (κ2) is 12.3. The number of aromatic nitrogens is 1. The van der Waals surface area contributed by atoms with Gasteiger partial charge in [-0.15, -0.1) is 0 Å². The van der Waals surface area contributed by atoms with Crippen LogP contribution in [-0.2, 0) is 0 Å². The van der Waals surface area contributed by atoms with Crippen LogP contribution in [0, 0.1) is 0 Å². The van der Waals surface area contributed by atoms with Gasteiger partial charge in [0.15, 0.2) is 0 Å². The molecule has 274 valence electrons. The molecule has 0 spiro atoms. The molecule has 3 heterocycles. The Balaban J connectivity index is 1.15. The van der Waals surface area contributed by atoms with Crippen LogP contribution < -0.4 is 0 Å². The lowest BCUT2D eigenvalue weighted by Crippen LogP contribution is -1.93. The van der Waals surface area contributed by atoms with Crippen LogP contribution in [0.25, 0.3) is 126 Å². The second-order valence-corrected chi connectivity index (χ2v) is 15.5. The van der Waals surface area contributed by atoms with Gasteiger partial charge in [-0.3, -0.25) is 0 Å². The highest BCUT2D eigenvalue weighted by Gasteiger charge is 2.23. The maximum absolute atomic E-state index is 6.79. The zero-order valence-corrected chi connectivity index (χ0v) is 31.8. The fourth-order valence-corrected chi connectivity index (χ4v) is 9.91. The van der Waals surface area contributed by atoms with E-state index in [1.807, 2.05) is 6.07 Å². The SMILES string of the molecule is c1ccc(-c2c3ccccc3c(-c3cc(-c4ccc5c(c4)c4c6c(ccc4n5-c4ccccc4)oc4ccccc46)cc4oc5ccccc5c34)c3ccccc23)cc1. The highest BCUT2D eigenvalue weighted by Crippen LogP contribution is 2.49. The predicted octanol–water partition coefficient (Wildman–Crippen LogP) is 15.9. The Morgan fingerprint density at radius 2 is 0.831 bits per heavy atom. The summed E-state index contributed by atoms with van der Waals surface area (Å²) in [5.41, 5.74) is 14.0. The highest BCUT2D eigenvalue weighted by molar-refractivity contribution is 6.29. The lowest BCUT2D eigenvalue weighted by atomic mass is 9.84. The van der Waals surface area contributed by atoms with Crippen LogP contribution in [0.3, 0.4) is 0 Å². The van der Waals surface area contributed by atoms with Crippen LogP contribution in [0.4, 0.5) is 0 Å². The van der Waals surface area contributed by atoms with Crippen molar-refractivity contribution in [2.24, 2.45) is 0 Å². The summed E-state index contributed by atoms with van der Waals surface area (Å²) >= 11 is 0. The smallest absolute Gasteiger partial charge is 0.136 e. The third-order valence-corrected chi connectivity index (χ3v) is 12.4. The number of furan rings is 2. The first kappa shape index (κ1) is 32.2. The second-order valence-electron chi connectivity index (χ2n) is 15.5. The normalized spacial score (nSPS) is 12.1. The summed E-state index contributed by atoms with van der Waals surface area (Å²) in [6.07, 6.45) is 0. The van der Waals surface area contributed by atoms with Crippen LogP contribution in [0.1, 0.15) is 0 Å². The van der Waals surface area contributed by atoms with Gasteiger partial charge in [-0.05, 0) is 116 Å². The van der Waals surface area contributed by atoms with Crippen molar-refractivity contribution in [1.82, 2.24) is 4.57 Å². The molecule has 59 heavy (non-hydrogen) atoms. The van der Waals surface area contributed by atoms with Crippen molar-refractivity contribution in [3.8, 4) is 39.1 Å². The molecule has 13 rings (SSSR count). The Hall–Kier alpha value is -7.88. The van der Waals surface area contributed by atoms with E-state index in [1.54, 1.807) is 0 Å². The molecular weight excluding hydrogens is 719 g/mol. The number of para-hydroxylation sites is 3. The van der Waals surface area contributed by atoms with Gasteiger partial charge in [0.2, 0.25) is 0 Å². The highest BCUT2D eigenvalue weighted by atomic mass is 16.3. The molecular formula is C56H33NO2. The van der Waals surface area contributed by atoms with Gasteiger partial charge in [0.1, 0.15) is 22.3 Å². The van der Waals surface area contributed by atoms with E-state index in [2.05, 4.69) is 199 Å². The van der Waals surface area contributed by atoms with Crippen LogP contribution in [0.15, 0.2) is 209 Å². The largest absolute Gasteiger partial charge is 0.456 e. The van der Waals surface area contributed by atoms with E-state index in [-0.39, 0.29) is 0 Å². The number of nitrogens with zero attached hydrogens (tertiary/aromatic N) is 1. The maximum atomic E-state index is 6.79. The van der Waals surface area contributed by atoms with Gasteiger partial charge in [0.05, 0.1) is 11.0 Å². The van der Waals surface area contributed by atoms with E-state index in [9.17, 15) is 0 Å². The topological polar surface area (TPSA) is 31.2 Å². The summed E-state index contributed by atoms with van der Waals surface area (Å²) in [6.45, 7) is 0. The number of hydrogen-bond acceptors (Lipinski definition) is 2. The molecule has 3 aromatic heterocycles. The van der Waals surface area contributed by atoms with Crippen molar-refractivity contribution < 1.29 is 8.83 Å². The maximum Gasteiger partial charge on any atom is 0.136 e. The minimum atomic E-state index is 0.869. The lowest BCUT2D eigenvalue weighted by molar-refractivity contribution is 0.669. The molecule has 0 saturated heterocycles. The molecule has 0 fully saturated rings. The molecule has 0 N–H and O–H groups in total. The van der Waals surface area contributed by atoms with Crippen molar-refractivity contribution >= 4 is 87.2 Å². The number of benzene rings is 10. The van der Waals surface area contributed by atoms with Gasteiger partial charge < -0.3 is 13.4 Å². The molecule has 13 aromatic rings. The molecule has 0 unspecified atom stereocenters. The summed E-state index contributed by atoms with van der Waals surface area (Å²) in [4.78, 5) is 0. The van der Waals surface area contributed by atoms with Gasteiger partial charge in [-0.1, -0.05) is 140 Å². The molecule has 3 heteroatoms. The first-order valence-electron chi connectivity index (χ1n) is 20.2. The van der Waals surface area contributed by atoms with Gasteiger partial charge in [-0.25, -0.2) is 0 Å². The summed E-state index contributed by atoms with van der Waals surface area (Å²) in [7, 11) is 0. The Kier molecular flexibility index (Phi) is 6.72. The van der Waals surface area contributed by atoms with Gasteiger partial charge in [0, 0.05) is 38.0 Å². The monoisotopic (exact) mass is 751 g/mol. The Morgan fingerprint density at radius 3 is 1.51 bits per heavy atom. The third kappa shape index (κ3) is 4.64. The summed E-state index contributed by atoms with van der Waals surface area (Å²) in [6, 6.07) is 72.0. The third-order valence-electron chi connectivity index (χ3n) is 12.4. The van der Waals surface area contributed by atoms with Crippen molar-refractivity contribution in [1.29, 1.82) is 0 Å². The van der Waals surface area contributed by atoms with E-state index in [1.165, 1.54) is 49.0 Å². The van der Waals surface area contributed by atoms with Crippen molar-refractivity contribution in [3.63, 3.8) is 0 Å². The number of hydrogen-bond donors (Lipinski definition) is 0. The minimum Gasteiger partial charge on any atom is -0.456 e. The molecule has 10 aromatic carbocycles. The first-order valence-corrected chi connectivity index (χ1v) is 20.2. The molecule has 0 aliphatic heterocycles. The molecule has 0 amide bonds. The van der Waals surface area contributed by atoms with Crippen molar-refractivity contribution in [3.05, 3.63) is 200 Å². The van der Waals surface area contributed by atoms with E-state index < -0.39 is 0 Å². The molecule has 3 nitrogen and oxygen atoms in total. The zero-order valence-electron chi connectivity index (χ0n) is 31.8. The predicted molar refractivity (Wildman–Crippen MR) is 247 cm³/mol. The fourth-order valence-electron chi connectivity index (χ4n) is 9.91. The van der Waals surface area contributed by atoms with Gasteiger partial charge in [-0.2, -0.15) is 0 Å². The van der Waals surface area contributed by atoms with E-state index >= 15 is 0 Å². The Bertz CT molecular complexity index is 3770. The summed E-state index contributed by atoms with van der Waals surface area (Å²) < 4.78 is 15.6. The van der Waals surface area contributed by atoms with Gasteiger partial charge in [0.25, 0.3) is 0 Å². The fraction of sp³-hybridized carbons (Fsp3) is 0. The number of fused-ring (bicyclic) bond motifs is 12. The summed E-state index contributed by atoms with van der Waals surface area (Å²) in [5, 5.41) is 11.7. The van der Waals surface area contributed by atoms with Crippen LogP contribution >= 0.6 is 0 Å². The molecule has 0 aliphatic rings. The van der Waals surface area contributed by atoms with Gasteiger partial charge >= 0.3 is 0 Å². The van der Waals surface area contributed by atoms with Crippen molar-refractivity contribution in [2.75, 3.05) is 0 Å². The lowest BCUT2D eigenvalue weighted by Gasteiger charge is -2.19. The molecule has 0 saturated carbocycles. The van der Waals surface area contributed by atoms with Crippen molar-refractivity contribution in [2.45, 2.75) is 0 Å². The number of rotatable bonds is 4. The summed E-state index contributed by atoms with van der Waals surface area (Å²) in [5.74, 6) is 0. The average molecular weight is 752 g/mol. The minimum absolute atomic E-state index is 0.869. The molecule has 0 radical (unpaired) electrons. The van der Waals surface area contributed by atoms with Crippen LogP contribution in [-0.4, -0.2) is 4.57 Å². The van der Waals surface area contributed by atoms with E-state index in [4.69, 9.17) is 8.83 Å².